The molecule has 0 aliphatic carbocycles. The minimum atomic E-state index is -0.280. The zero-order valence-electron chi connectivity index (χ0n) is 15.2. The number of furan rings is 1. The second-order valence-corrected chi connectivity index (χ2v) is 6.48. The van der Waals surface area contributed by atoms with E-state index in [9.17, 15) is 4.39 Å². The summed E-state index contributed by atoms with van der Waals surface area (Å²) in [5, 5.41) is 9.68. The number of aryl methyl sites for hydroxylation is 2. The third-order valence-electron chi connectivity index (χ3n) is 4.53. The molecule has 0 bridgehead atoms. The maximum absolute atomic E-state index is 13.2. The van der Waals surface area contributed by atoms with Gasteiger partial charge in [0.05, 0.1) is 22.3 Å². The summed E-state index contributed by atoms with van der Waals surface area (Å²) in [5.41, 5.74) is 3.79. The third-order valence-corrected chi connectivity index (χ3v) is 4.53. The van der Waals surface area contributed by atoms with Crippen molar-refractivity contribution in [2.45, 2.75) is 6.92 Å². The maximum Gasteiger partial charge on any atom is 0.231 e. The van der Waals surface area contributed by atoms with Gasteiger partial charge in [0.25, 0.3) is 0 Å². The van der Waals surface area contributed by atoms with Gasteiger partial charge >= 0.3 is 0 Å². The Labute approximate surface area is 159 Å². The molecule has 5 aromatic rings. The van der Waals surface area contributed by atoms with Crippen molar-refractivity contribution >= 4 is 11.1 Å². The predicted molar refractivity (Wildman–Crippen MR) is 101 cm³/mol. The molecule has 4 aromatic heterocycles. The highest BCUT2D eigenvalue weighted by Crippen LogP contribution is 2.31. The molecule has 0 N–H and O–H groups in total. The van der Waals surface area contributed by atoms with Crippen molar-refractivity contribution in [2.24, 2.45) is 7.05 Å². The molecule has 0 fully saturated rings. The molecule has 0 atom stereocenters. The Morgan fingerprint density at radius 3 is 2.61 bits per heavy atom. The number of hydrogen-bond donors (Lipinski definition) is 0. The van der Waals surface area contributed by atoms with E-state index in [1.54, 1.807) is 21.5 Å². The van der Waals surface area contributed by atoms with Gasteiger partial charge in [0.2, 0.25) is 5.71 Å². The minimum absolute atomic E-state index is 0.280. The van der Waals surface area contributed by atoms with Crippen molar-refractivity contribution in [1.29, 1.82) is 0 Å². The second-order valence-electron chi connectivity index (χ2n) is 6.48. The lowest BCUT2D eigenvalue weighted by molar-refractivity contribution is 0.616. The average molecular weight is 374 g/mol. The van der Waals surface area contributed by atoms with Crippen molar-refractivity contribution in [3.8, 4) is 28.4 Å². The first-order chi connectivity index (χ1) is 13.6. The summed E-state index contributed by atoms with van der Waals surface area (Å²) in [4.78, 5) is 8.62. The monoisotopic (exact) mass is 374 g/mol. The van der Waals surface area contributed by atoms with E-state index < -0.39 is 0 Å². The second kappa shape index (κ2) is 6.12. The fraction of sp³-hybridized carbons (Fsp3) is 0.100. The lowest BCUT2D eigenvalue weighted by atomic mass is 10.1. The van der Waals surface area contributed by atoms with Gasteiger partial charge in [-0.3, -0.25) is 4.68 Å². The lowest BCUT2D eigenvalue weighted by Crippen LogP contribution is -1.99. The molecule has 0 spiro atoms. The van der Waals surface area contributed by atoms with E-state index in [0.717, 1.165) is 27.9 Å². The van der Waals surface area contributed by atoms with Gasteiger partial charge in [0.1, 0.15) is 17.9 Å². The first kappa shape index (κ1) is 16.4. The number of hydrogen-bond acceptors (Lipinski definition) is 5. The quantitative estimate of drug-likeness (QED) is 0.478. The summed E-state index contributed by atoms with van der Waals surface area (Å²) >= 11 is 0. The molecule has 0 radical (unpaired) electrons. The van der Waals surface area contributed by atoms with E-state index >= 15 is 0 Å². The van der Waals surface area contributed by atoms with Crippen LogP contribution in [0.15, 0.2) is 59.5 Å². The van der Waals surface area contributed by atoms with Crippen LogP contribution in [0.4, 0.5) is 4.39 Å². The molecule has 0 aliphatic heterocycles. The highest BCUT2D eigenvalue weighted by molar-refractivity contribution is 5.86. The first-order valence-electron chi connectivity index (χ1n) is 8.65. The highest BCUT2D eigenvalue weighted by atomic mass is 19.1. The molecule has 0 aliphatic rings. The molecular weight excluding hydrogens is 359 g/mol. The zero-order valence-corrected chi connectivity index (χ0v) is 15.2. The summed E-state index contributed by atoms with van der Waals surface area (Å²) in [6, 6.07) is 9.96. The number of benzene rings is 1. The van der Waals surface area contributed by atoms with E-state index in [1.165, 1.54) is 18.5 Å². The Bertz CT molecular complexity index is 1300. The molecule has 1 aromatic carbocycles. The standard InChI is InChI=1S/C20H15FN6O/c1-12-16(10-26(2)24-12)18-9-15-19(22-11-23-20(15)28-18)27-8-7-17(25-27)13-3-5-14(21)6-4-13/h3-11H,1-2H3. The number of rotatable bonds is 3. The van der Waals surface area contributed by atoms with Crippen LogP contribution >= 0.6 is 0 Å². The van der Waals surface area contributed by atoms with Gasteiger partial charge in [-0.2, -0.15) is 10.2 Å². The number of fused-ring (bicyclic) bond motifs is 1. The number of aromatic nitrogens is 6. The Balaban J connectivity index is 1.60. The van der Waals surface area contributed by atoms with Gasteiger partial charge in [-0.1, -0.05) is 0 Å². The van der Waals surface area contributed by atoms with Crippen LogP contribution in [0, 0.1) is 12.7 Å². The third kappa shape index (κ3) is 2.66. The molecule has 28 heavy (non-hydrogen) atoms. The molecule has 5 rings (SSSR count). The van der Waals surface area contributed by atoms with Crippen LogP contribution in [0.2, 0.25) is 0 Å². The predicted octanol–water partition coefficient (Wildman–Crippen LogP) is 3.92. The topological polar surface area (TPSA) is 74.6 Å². The van der Waals surface area contributed by atoms with Crippen LogP contribution in [0.3, 0.4) is 0 Å². The Hall–Kier alpha value is -3.81. The van der Waals surface area contributed by atoms with Gasteiger partial charge in [-0.25, -0.2) is 19.0 Å². The van der Waals surface area contributed by atoms with Crippen LogP contribution in [-0.4, -0.2) is 29.5 Å². The van der Waals surface area contributed by atoms with E-state index in [1.807, 2.05) is 38.5 Å². The van der Waals surface area contributed by atoms with Crippen LogP contribution < -0.4 is 0 Å². The average Bonchev–Trinajstić information content (AvgIpc) is 3.39. The van der Waals surface area contributed by atoms with Gasteiger partial charge in [-0.15, -0.1) is 0 Å². The van der Waals surface area contributed by atoms with E-state index in [4.69, 9.17) is 4.42 Å². The lowest BCUT2D eigenvalue weighted by Gasteiger charge is -2.01. The van der Waals surface area contributed by atoms with Crippen LogP contribution in [-0.2, 0) is 7.05 Å². The molecule has 7 nitrogen and oxygen atoms in total. The molecule has 0 amide bonds. The van der Waals surface area contributed by atoms with Crippen molar-refractivity contribution in [1.82, 2.24) is 29.5 Å². The molecule has 0 unspecified atom stereocenters. The Morgan fingerprint density at radius 2 is 1.86 bits per heavy atom. The number of nitrogens with zero attached hydrogens (tertiary/aromatic N) is 6. The molecule has 0 saturated carbocycles. The summed E-state index contributed by atoms with van der Waals surface area (Å²) in [6.45, 7) is 1.93. The summed E-state index contributed by atoms with van der Waals surface area (Å²) in [7, 11) is 1.87. The summed E-state index contributed by atoms with van der Waals surface area (Å²) < 4.78 is 22.5. The Morgan fingerprint density at radius 1 is 1.04 bits per heavy atom. The van der Waals surface area contributed by atoms with E-state index in [0.29, 0.717) is 17.3 Å². The van der Waals surface area contributed by atoms with Crippen LogP contribution in [0.25, 0.3) is 39.5 Å². The van der Waals surface area contributed by atoms with Crippen LogP contribution in [0.1, 0.15) is 5.69 Å². The van der Waals surface area contributed by atoms with Crippen molar-refractivity contribution in [3.63, 3.8) is 0 Å². The van der Waals surface area contributed by atoms with Gasteiger partial charge in [0.15, 0.2) is 5.82 Å². The normalized spacial score (nSPS) is 11.4. The molecule has 0 saturated heterocycles. The molecule has 8 heteroatoms. The van der Waals surface area contributed by atoms with Gasteiger partial charge in [-0.05, 0) is 43.3 Å². The fourth-order valence-electron chi connectivity index (χ4n) is 3.22. The van der Waals surface area contributed by atoms with Crippen molar-refractivity contribution in [3.05, 3.63) is 66.6 Å². The van der Waals surface area contributed by atoms with E-state index in [-0.39, 0.29) is 5.82 Å². The maximum atomic E-state index is 13.2. The number of halogens is 1. The molecule has 138 valence electrons. The smallest absolute Gasteiger partial charge is 0.231 e. The first-order valence-corrected chi connectivity index (χ1v) is 8.65. The summed E-state index contributed by atoms with van der Waals surface area (Å²) in [6.07, 6.45) is 5.16. The van der Waals surface area contributed by atoms with E-state index in [2.05, 4.69) is 20.2 Å². The SMILES string of the molecule is Cc1nn(C)cc1-c1cc2c(-n3ccc(-c4ccc(F)cc4)n3)ncnc2o1. The fourth-order valence-corrected chi connectivity index (χ4v) is 3.22. The minimum Gasteiger partial charge on any atom is -0.437 e. The van der Waals surface area contributed by atoms with Gasteiger partial charge < -0.3 is 4.42 Å². The van der Waals surface area contributed by atoms with Gasteiger partial charge in [0, 0.05) is 25.0 Å². The highest BCUT2D eigenvalue weighted by Gasteiger charge is 2.17. The molecule has 4 heterocycles. The van der Waals surface area contributed by atoms with Crippen molar-refractivity contribution in [2.75, 3.05) is 0 Å². The molecular formula is C20H15FN6O. The van der Waals surface area contributed by atoms with Crippen LogP contribution in [0.5, 0.6) is 0 Å². The Kier molecular flexibility index (Phi) is 3.58. The van der Waals surface area contributed by atoms with Crippen molar-refractivity contribution < 1.29 is 8.81 Å². The zero-order chi connectivity index (χ0) is 19.3. The summed E-state index contributed by atoms with van der Waals surface area (Å²) in [5.74, 6) is 1.00. The largest absolute Gasteiger partial charge is 0.437 e.